The fourth-order valence-corrected chi connectivity index (χ4v) is 3.16. The number of allylic oxidation sites excluding steroid dienone is 2. The number of carbonyl (C=O) groups excluding carboxylic acids is 1. The van der Waals surface area contributed by atoms with Crippen molar-refractivity contribution in [3.63, 3.8) is 0 Å². The average molecular weight is 404 g/mol. The Labute approximate surface area is 175 Å². The highest BCUT2D eigenvalue weighted by Crippen LogP contribution is 2.18. The topological polar surface area (TPSA) is 69.4 Å². The lowest BCUT2D eigenvalue weighted by molar-refractivity contribution is -0.384. The van der Waals surface area contributed by atoms with Crippen LogP contribution in [0.4, 0.5) is 5.69 Å². The summed E-state index contributed by atoms with van der Waals surface area (Å²) in [6, 6.07) is 5.58. The van der Waals surface area contributed by atoms with E-state index in [0.717, 1.165) is 25.7 Å². The van der Waals surface area contributed by atoms with Crippen LogP contribution in [0.15, 0.2) is 36.4 Å². The van der Waals surface area contributed by atoms with Gasteiger partial charge in [-0.2, -0.15) is 0 Å². The standard InChI is InChI=1S/C24H37NO4/c1-2-3-4-5-6-7-8-9-10-11-12-13-14-15-16-17-24(26)29-23-20-18-22(19-21-23)25(27)28/h9-10,18-21H,2-8,11-17H2,1H3/b10-9+. The van der Waals surface area contributed by atoms with E-state index in [0.29, 0.717) is 12.2 Å². The van der Waals surface area contributed by atoms with E-state index in [1.165, 1.54) is 82.1 Å². The van der Waals surface area contributed by atoms with Gasteiger partial charge in [0, 0.05) is 18.6 Å². The zero-order valence-corrected chi connectivity index (χ0v) is 17.9. The van der Waals surface area contributed by atoms with Crippen LogP contribution in [-0.2, 0) is 4.79 Å². The zero-order chi connectivity index (χ0) is 21.2. The molecule has 162 valence electrons. The third kappa shape index (κ3) is 13.6. The molecule has 1 aromatic rings. The number of unbranched alkanes of at least 4 members (excludes halogenated alkanes) is 11. The van der Waals surface area contributed by atoms with Gasteiger partial charge in [-0.05, 0) is 44.2 Å². The Balaban J connectivity index is 1.93. The maximum Gasteiger partial charge on any atom is 0.311 e. The summed E-state index contributed by atoms with van der Waals surface area (Å²) in [5.74, 6) is 0.0739. The number of non-ortho nitro benzene ring substituents is 1. The molecule has 29 heavy (non-hydrogen) atoms. The van der Waals surface area contributed by atoms with Crippen molar-refractivity contribution in [1.82, 2.24) is 0 Å². The Kier molecular flexibility index (Phi) is 14.4. The minimum Gasteiger partial charge on any atom is -0.427 e. The first-order valence-electron chi connectivity index (χ1n) is 11.2. The highest BCUT2D eigenvalue weighted by Gasteiger charge is 2.08. The second kappa shape index (κ2) is 16.8. The number of carbonyl (C=O) groups is 1. The van der Waals surface area contributed by atoms with E-state index in [1.54, 1.807) is 0 Å². The van der Waals surface area contributed by atoms with Gasteiger partial charge in [0.25, 0.3) is 5.69 Å². The van der Waals surface area contributed by atoms with Crippen molar-refractivity contribution in [2.75, 3.05) is 0 Å². The lowest BCUT2D eigenvalue weighted by atomic mass is 10.1. The van der Waals surface area contributed by atoms with Crippen LogP contribution >= 0.6 is 0 Å². The van der Waals surface area contributed by atoms with Crippen LogP contribution in [-0.4, -0.2) is 10.9 Å². The summed E-state index contributed by atoms with van der Waals surface area (Å²) in [5.41, 5.74) is -0.0120. The van der Waals surface area contributed by atoms with Gasteiger partial charge in [0.2, 0.25) is 0 Å². The van der Waals surface area contributed by atoms with Crippen LogP contribution in [0.25, 0.3) is 0 Å². The minimum absolute atomic E-state index is 0.0120. The second-order valence-electron chi connectivity index (χ2n) is 7.56. The number of nitro benzene ring substituents is 1. The molecule has 1 aromatic carbocycles. The molecule has 0 heterocycles. The molecule has 0 unspecified atom stereocenters. The molecule has 0 aromatic heterocycles. The number of benzene rings is 1. The van der Waals surface area contributed by atoms with Crippen LogP contribution in [0, 0.1) is 10.1 Å². The molecule has 0 saturated heterocycles. The smallest absolute Gasteiger partial charge is 0.311 e. The third-order valence-corrected chi connectivity index (χ3v) is 4.92. The normalized spacial score (nSPS) is 11.1. The van der Waals surface area contributed by atoms with Gasteiger partial charge < -0.3 is 4.74 Å². The number of hydrogen-bond acceptors (Lipinski definition) is 4. The summed E-state index contributed by atoms with van der Waals surface area (Å²) in [5, 5.41) is 10.6. The Morgan fingerprint density at radius 1 is 0.862 bits per heavy atom. The van der Waals surface area contributed by atoms with Crippen molar-refractivity contribution >= 4 is 11.7 Å². The lowest BCUT2D eigenvalue weighted by Crippen LogP contribution is -2.07. The summed E-state index contributed by atoms with van der Waals surface area (Å²) in [4.78, 5) is 21.9. The van der Waals surface area contributed by atoms with Gasteiger partial charge in [-0.15, -0.1) is 0 Å². The fraction of sp³-hybridized carbons (Fsp3) is 0.625. The summed E-state index contributed by atoms with van der Waals surface area (Å²) in [6.07, 6.45) is 20.9. The van der Waals surface area contributed by atoms with E-state index in [9.17, 15) is 14.9 Å². The molecule has 0 amide bonds. The van der Waals surface area contributed by atoms with E-state index >= 15 is 0 Å². The molecule has 5 heteroatoms. The number of esters is 1. The molecule has 0 atom stereocenters. The molecule has 0 saturated carbocycles. The van der Waals surface area contributed by atoms with Crippen molar-refractivity contribution in [3.8, 4) is 5.75 Å². The van der Waals surface area contributed by atoms with E-state index in [-0.39, 0.29) is 11.7 Å². The quantitative estimate of drug-likeness (QED) is 0.0672. The van der Waals surface area contributed by atoms with Crippen LogP contribution in [0.1, 0.15) is 96.8 Å². The third-order valence-electron chi connectivity index (χ3n) is 4.92. The number of nitrogens with zero attached hydrogens (tertiary/aromatic N) is 1. The van der Waals surface area contributed by atoms with E-state index in [4.69, 9.17) is 4.74 Å². The van der Waals surface area contributed by atoms with Gasteiger partial charge in [-0.25, -0.2) is 0 Å². The summed E-state index contributed by atoms with van der Waals surface area (Å²) >= 11 is 0. The van der Waals surface area contributed by atoms with Crippen LogP contribution in [0.3, 0.4) is 0 Å². The highest BCUT2D eigenvalue weighted by molar-refractivity contribution is 5.72. The monoisotopic (exact) mass is 403 g/mol. The van der Waals surface area contributed by atoms with Gasteiger partial charge in [0.15, 0.2) is 0 Å². The predicted octanol–water partition coefficient (Wildman–Crippen LogP) is 7.54. The van der Waals surface area contributed by atoms with E-state index in [1.807, 2.05) is 0 Å². The fourth-order valence-electron chi connectivity index (χ4n) is 3.16. The second-order valence-corrected chi connectivity index (χ2v) is 7.56. The number of hydrogen-bond donors (Lipinski definition) is 0. The van der Waals surface area contributed by atoms with Crippen molar-refractivity contribution in [1.29, 1.82) is 0 Å². The van der Waals surface area contributed by atoms with E-state index in [2.05, 4.69) is 19.1 Å². The minimum atomic E-state index is -0.475. The average Bonchev–Trinajstić information content (AvgIpc) is 2.71. The predicted molar refractivity (Wildman–Crippen MR) is 118 cm³/mol. The largest absolute Gasteiger partial charge is 0.427 e. The number of ether oxygens (including phenoxy) is 1. The molecule has 0 aliphatic carbocycles. The molecule has 1 rings (SSSR count). The molecule has 0 aliphatic rings. The van der Waals surface area contributed by atoms with Crippen LogP contribution in [0.2, 0.25) is 0 Å². The Bertz CT molecular complexity index is 595. The number of nitro groups is 1. The molecular weight excluding hydrogens is 366 g/mol. The Morgan fingerprint density at radius 3 is 1.93 bits per heavy atom. The molecule has 0 N–H and O–H groups in total. The van der Waals surface area contributed by atoms with Crippen LogP contribution < -0.4 is 4.74 Å². The molecular formula is C24H37NO4. The molecule has 5 nitrogen and oxygen atoms in total. The Hall–Kier alpha value is -2.17. The summed E-state index contributed by atoms with van der Waals surface area (Å²) in [7, 11) is 0. The van der Waals surface area contributed by atoms with Gasteiger partial charge in [-0.3, -0.25) is 14.9 Å². The number of rotatable bonds is 17. The first-order valence-corrected chi connectivity index (χ1v) is 11.2. The Morgan fingerprint density at radius 2 is 1.38 bits per heavy atom. The van der Waals surface area contributed by atoms with Gasteiger partial charge in [-0.1, -0.05) is 70.4 Å². The van der Waals surface area contributed by atoms with Crippen LogP contribution in [0.5, 0.6) is 5.75 Å². The van der Waals surface area contributed by atoms with E-state index < -0.39 is 4.92 Å². The first-order chi connectivity index (χ1) is 14.1. The SMILES string of the molecule is CCCCCCCC/C=C/CCCCCCCC(=O)Oc1ccc([N+](=O)[O-])cc1. The van der Waals surface area contributed by atoms with Crippen molar-refractivity contribution in [2.24, 2.45) is 0 Å². The molecule has 0 radical (unpaired) electrons. The maximum absolute atomic E-state index is 11.8. The van der Waals surface area contributed by atoms with Crippen molar-refractivity contribution in [2.45, 2.75) is 96.8 Å². The first kappa shape index (κ1) is 24.9. The van der Waals surface area contributed by atoms with Crippen molar-refractivity contribution in [3.05, 3.63) is 46.5 Å². The molecule has 0 spiro atoms. The molecule has 0 aliphatic heterocycles. The summed E-state index contributed by atoms with van der Waals surface area (Å²) < 4.78 is 5.20. The summed E-state index contributed by atoms with van der Waals surface area (Å²) in [6.45, 7) is 2.25. The highest BCUT2D eigenvalue weighted by atomic mass is 16.6. The molecule has 0 bridgehead atoms. The maximum atomic E-state index is 11.8. The van der Waals surface area contributed by atoms with Gasteiger partial charge >= 0.3 is 5.97 Å². The van der Waals surface area contributed by atoms with Crippen molar-refractivity contribution < 1.29 is 14.5 Å². The van der Waals surface area contributed by atoms with Gasteiger partial charge in [0.05, 0.1) is 4.92 Å². The zero-order valence-electron chi connectivity index (χ0n) is 17.9. The lowest BCUT2D eigenvalue weighted by Gasteiger charge is -2.04. The molecule has 0 fully saturated rings. The van der Waals surface area contributed by atoms with Gasteiger partial charge in [0.1, 0.15) is 5.75 Å².